The fraction of sp³-hybridized carbons (Fsp3) is 0.192. The van der Waals surface area contributed by atoms with Crippen molar-refractivity contribution < 1.29 is 23.9 Å². The van der Waals surface area contributed by atoms with E-state index in [9.17, 15) is 14.4 Å². The first-order valence-electron chi connectivity index (χ1n) is 10.9. The molecule has 0 aliphatic rings. The van der Waals surface area contributed by atoms with Gasteiger partial charge in [-0.05, 0) is 55.5 Å². The van der Waals surface area contributed by atoms with Crippen molar-refractivity contribution in [2.75, 3.05) is 25.6 Å². The van der Waals surface area contributed by atoms with Crippen LogP contribution in [-0.4, -0.2) is 42.6 Å². The lowest BCUT2D eigenvalue weighted by Crippen LogP contribution is -2.32. The molecule has 8 heteroatoms. The summed E-state index contributed by atoms with van der Waals surface area (Å²) < 4.78 is 12.3. The average molecular weight is 460 g/mol. The zero-order chi connectivity index (χ0) is 24.1. The van der Waals surface area contributed by atoms with Crippen molar-refractivity contribution in [2.45, 2.75) is 13.5 Å². The minimum absolute atomic E-state index is 0.347. The van der Waals surface area contributed by atoms with Crippen molar-refractivity contribution in [3.05, 3.63) is 72.3 Å². The van der Waals surface area contributed by atoms with E-state index in [0.717, 1.165) is 28.4 Å². The van der Waals surface area contributed by atoms with Crippen molar-refractivity contribution >= 4 is 45.3 Å². The molecule has 0 bridgehead atoms. The molecule has 0 saturated heterocycles. The summed E-state index contributed by atoms with van der Waals surface area (Å²) in [5.41, 5.74) is 3.21. The van der Waals surface area contributed by atoms with Gasteiger partial charge < -0.3 is 24.7 Å². The second kappa shape index (κ2) is 10.1. The van der Waals surface area contributed by atoms with E-state index >= 15 is 0 Å². The van der Waals surface area contributed by atoms with Gasteiger partial charge >= 0.3 is 5.97 Å². The minimum atomic E-state index is -0.710. The molecule has 3 aromatic carbocycles. The number of anilines is 1. The van der Waals surface area contributed by atoms with Crippen LogP contribution in [0.1, 0.15) is 17.3 Å². The van der Waals surface area contributed by atoms with Gasteiger partial charge in [0.05, 0.1) is 7.11 Å². The maximum absolute atomic E-state index is 12.3. The van der Waals surface area contributed by atoms with Gasteiger partial charge in [-0.2, -0.15) is 0 Å². The molecular formula is C26H25N3O5. The summed E-state index contributed by atoms with van der Waals surface area (Å²) in [6.07, 6.45) is 0. The molecule has 0 spiro atoms. The predicted molar refractivity (Wildman–Crippen MR) is 130 cm³/mol. The van der Waals surface area contributed by atoms with E-state index in [1.807, 2.05) is 30.3 Å². The number of hydrogen-bond acceptors (Lipinski definition) is 5. The van der Waals surface area contributed by atoms with E-state index in [4.69, 9.17) is 9.47 Å². The largest absolute Gasteiger partial charge is 0.497 e. The van der Waals surface area contributed by atoms with Crippen molar-refractivity contribution in [2.24, 2.45) is 0 Å². The molecular weight excluding hydrogens is 434 g/mol. The third-order valence-corrected chi connectivity index (χ3v) is 5.48. The molecule has 8 nitrogen and oxygen atoms in total. The van der Waals surface area contributed by atoms with Crippen LogP contribution in [0.5, 0.6) is 5.75 Å². The Hall–Kier alpha value is -4.33. The first-order chi connectivity index (χ1) is 16.5. The van der Waals surface area contributed by atoms with Crippen LogP contribution in [0.4, 0.5) is 5.69 Å². The maximum atomic E-state index is 12.3. The van der Waals surface area contributed by atoms with Crippen molar-refractivity contribution in [1.29, 1.82) is 0 Å². The van der Waals surface area contributed by atoms with Crippen molar-refractivity contribution in [1.82, 2.24) is 9.88 Å². The lowest BCUT2D eigenvalue weighted by molar-refractivity contribution is -0.146. The number of amides is 2. The third-order valence-electron chi connectivity index (χ3n) is 5.48. The lowest BCUT2D eigenvalue weighted by Gasteiger charge is -2.09. The molecule has 0 fully saturated rings. The molecule has 1 heterocycles. The van der Waals surface area contributed by atoms with Gasteiger partial charge in [-0.25, -0.2) is 0 Å². The predicted octanol–water partition coefficient (Wildman–Crippen LogP) is 3.73. The monoisotopic (exact) mass is 459 g/mol. The van der Waals surface area contributed by atoms with E-state index < -0.39 is 24.4 Å². The highest BCUT2D eigenvalue weighted by molar-refractivity contribution is 6.10. The highest BCUT2D eigenvalue weighted by Crippen LogP contribution is 2.30. The molecule has 174 valence electrons. The SMILES string of the molecule is CCn1c2ccccc2c2cc(NC(=O)COC(=O)CNC(=O)c3ccc(OC)cc3)ccc21. The number of benzene rings is 3. The molecule has 2 N–H and O–H groups in total. The van der Waals surface area contributed by atoms with Crippen molar-refractivity contribution in [3.63, 3.8) is 0 Å². The number of nitrogens with zero attached hydrogens (tertiary/aromatic N) is 1. The zero-order valence-corrected chi connectivity index (χ0v) is 19.0. The number of aryl methyl sites for hydroxylation is 1. The second-order valence-corrected chi connectivity index (χ2v) is 7.61. The normalized spacial score (nSPS) is 10.8. The molecule has 0 radical (unpaired) electrons. The van der Waals surface area contributed by atoms with Gasteiger partial charge in [0.2, 0.25) is 0 Å². The Morgan fingerprint density at radius 2 is 1.65 bits per heavy atom. The molecule has 4 rings (SSSR count). The molecule has 2 amide bonds. The lowest BCUT2D eigenvalue weighted by atomic mass is 10.1. The Labute approximate surface area is 196 Å². The average Bonchev–Trinajstić information content (AvgIpc) is 3.19. The number of para-hydroxylation sites is 1. The van der Waals surface area contributed by atoms with Crippen LogP contribution in [0.25, 0.3) is 21.8 Å². The maximum Gasteiger partial charge on any atom is 0.325 e. The number of esters is 1. The van der Waals surface area contributed by atoms with Crippen LogP contribution in [0.3, 0.4) is 0 Å². The quantitative estimate of drug-likeness (QED) is 0.391. The van der Waals surface area contributed by atoms with Crippen LogP contribution in [-0.2, 0) is 20.9 Å². The summed E-state index contributed by atoms with van der Waals surface area (Å²) in [6, 6.07) is 20.3. The number of rotatable bonds is 8. The van der Waals surface area contributed by atoms with E-state index in [2.05, 4.69) is 34.3 Å². The molecule has 0 unspecified atom stereocenters. The van der Waals surface area contributed by atoms with E-state index in [-0.39, 0.29) is 6.54 Å². The van der Waals surface area contributed by atoms with Gasteiger partial charge in [0.25, 0.3) is 11.8 Å². The number of methoxy groups -OCH3 is 1. The Bertz CT molecular complexity index is 1360. The van der Waals surface area contributed by atoms with E-state index in [1.54, 1.807) is 24.3 Å². The Morgan fingerprint density at radius 1 is 0.912 bits per heavy atom. The van der Waals surface area contributed by atoms with Gasteiger partial charge in [-0.3, -0.25) is 14.4 Å². The highest BCUT2D eigenvalue weighted by Gasteiger charge is 2.13. The van der Waals surface area contributed by atoms with Crippen molar-refractivity contribution in [3.8, 4) is 5.75 Å². The fourth-order valence-corrected chi connectivity index (χ4v) is 3.86. The molecule has 0 saturated carbocycles. The Morgan fingerprint density at radius 3 is 2.38 bits per heavy atom. The summed E-state index contributed by atoms with van der Waals surface area (Å²) in [4.78, 5) is 36.4. The molecule has 0 aliphatic carbocycles. The molecule has 34 heavy (non-hydrogen) atoms. The third kappa shape index (κ3) is 4.85. The number of hydrogen-bond donors (Lipinski definition) is 2. The summed E-state index contributed by atoms with van der Waals surface area (Å²) in [7, 11) is 1.53. The van der Waals surface area contributed by atoms with Gasteiger partial charge in [0.15, 0.2) is 6.61 Å². The summed E-state index contributed by atoms with van der Waals surface area (Å²) >= 11 is 0. The summed E-state index contributed by atoms with van der Waals surface area (Å²) in [6.45, 7) is 2.13. The first-order valence-corrected chi connectivity index (χ1v) is 10.9. The van der Waals surface area contributed by atoms with Crippen LogP contribution >= 0.6 is 0 Å². The summed E-state index contributed by atoms with van der Waals surface area (Å²) in [5.74, 6) is -0.979. The Kier molecular flexibility index (Phi) is 6.77. The number of fused-ring (bicyclic) bond motifs is 3. The number of ether oxygens (including phenoxy) is 2. The second-order valence-electron chi connectivity index (χ2n) is 7.61. The molecule has 0 aliphatic heterocycles. The van der Waals surface area contributed by atoms with E-state index in [1.165, 1.54) is 7.11 Å². The van der Waals surface area contributed by atoms with Crippen LogP contribution in [0, 0.1) is 0 Å². The Balaban J connectivity index is 1.31. The van der Waals surface area contributed by atoms with Crippen LogP contribution in [0.15, 0.2) is 66.7 Å². The van der Waals surface area contributed by atoms with Crippen LogP contribution < -0.4 is 15.4 Å². The fourth-order valence-electron chi connectivity index (χ4n) is 3.86. The minimum Gasteiger partial charge on any atom is -0.497 e. The zero-order valence-electron chi connectivity index (χ0n) is 19.0. The smallest absolute Gasteiger partial charge is 0.325 e. The highest BCUT2D eigenvalue weighted by atomic mass is 16.5. The number of nitrogens with one attached hydrogen (secondary N) is 2. The standard InChI is InChI=1S/C26H25N3O5/c1-3-29-22-7-5-4-6-20(22)21-14-18(10-13-23(21)29)28-24(30)16-34-25(31)15-27-26(32)17-8-11-19(33-2)12-9-17/h4-14H,3,15-16H2,1-2H3,(H,27,32)(H,28,30). The number of aromatic nitrogens is 1. The molecule has 0 atom stereocenters. The van der Waals surface area contributed by atoms with Crippen LogP contribution in [0.2, 0.25) is 0 Å². The first kappa shape index (κ1) is 22.8. The van der Waals surface area contributed by atoms with Gasteiger partial charge in [-0.15, -0.1) is 0 Å². The number of carbonyl (C=O) groups is 3. The van der Waals surface area contributed by atoms with Gasteiger partial charge in [-0.1, -0.05) is 18.2 Å². The topological polar surface area (TPSA) is 98.7 Å². The van der Waals surface area contributed by atoms with E-state index in [0.29, 0.717) is 17.0 Å². The molecule has 4 aromatic rings. The summed E-state index contributed by atoms with van der Waals surface area (Å²) in [5, 5.41) is 7.37. The number of carbonyl (C=O) groups excluding carboxylic acids is 3. The van der Waals surface area contributed by atoms with Gasteiger partial charge in [0, 0.05) is 39.6 Å². The molecule has 1 aromatic heterocycles. The van der Waals surface area contributed by atoms with Gasteiger partial charge in [0.1, 0.15) is 12.3 Å².